The third-order valence-corrected chi connectivity index (χ3v) is 5.76. The van der Waals surface area contributed by atoms with Gasteiger partial charge in [-0.3, -0.25) is 4.79 Å². The molecular weight excluding hydrogens is 425 g/mol. The maximum Gasteiger partial charge on any atom is 0.331 e. The Morgan fingerprint density at radius 1 is 1.27 bits per heavy atom. The number of carbonyl (C=O) groups excluding carboxylic acids is 2. The Hall–Kier alpha value is -2.31. The van der Waals surface area contributed by atoms with Crippen LogP contribution < -0.4 is 5.32 Å². The number of halogens is 2. The normalized spacial score (nSPS) is 15.5. The first-order valence-electron chi connectivity index (χ1n) is 10.00. The van der Waals surface area contributed by atoms with E-state index in [1.807, 2.05) is 31.2 Å². The Kier molecular flexibility index (Phi) is 7.56. The zero-order valence-electron chi connectivity index (χ0n) is 17.0. The van der Waals surface area contributed by atoms with Crippen molar-refractivity contribution >= 4 is 41.2 Å². The van der Waals surface area contributed by atoms with Gasteiger partial charge >= 0.3 is 5.97 Å². The first-order valence-corrected chi connectivity index (χ1v) is 10.8. The van der Waals surface area contributed by atoms with Crippen molar-refractivity contribution in [3.63, 3.8) is 0 Å². The molecule has 160 valence electrons. The van der Waals surface area contributed by atoms with Gasteiger partial charge in [-0.1, -0.05) is 48.2 Å². The van der Waals surface area contributed by atoms with Gasteiger partial charge in [-0.25, -0.2) is 9.48 Å². The molecule has 1 aliphatic carbocycles. The number of rotatable bonds is 7. The van der Waals surface area contributed by atoms with Gasteiger partial charge in [-0.15, -0.1) is 0 Å². The predicted molar refractivity (Wildman–Crippen MR) is 118 cm³/mol. The molecule has 3 rings (SSSR count). The van der Waals surface area contributed by atoms with Crippen molar-refractivity contribution in [2.45, 2.75) is 58.2 Å². The molecule has 0 aliphatic heterocycles. The number of aryl methyl sites for hydroxylation is 1. The molecule has 1 saturated carbocycles. The van der Waals surface area contributed by atoms with E-state index in [2.05, 4.69) is 10.4 Å². The van der Waals surface area contributed by atoms with E-state index in [-0.39, 0.29) is 11.9 Å². The number of hydrogen-bond donors (Lipinski definition) is 1. The van der Waals surface area contributed by atoms with Gasteiger partial charge in [-0.2, -0.15) is 5.10 Å². The zero-order valence-corrected chi connectivity index (χ0v) is 18.5. The number of ether oxygens (including phenoxy) is 1. The second kappa shape index (κ2) is 10.1. The fourth-order valence-electron chi connectivity index (χ4n) is 3.43. The van der Waals surface area contributed by atoms with E-state index < -0.39 is 12.1 Å². The van der Waals surface area contributed by atoms with Crippen molar-refractivity contribution in [1.29, 1.82) is 0 Å². The lowest BCUT2D eigenvalue weighted by atomic mass is 10.2. The molecule has 30 heavy (non-hydrogen) atoms. The molecule has 6 nitrogen and oxygen atoms in total. The first-order chi connectivity index (χ1) is 14.3. The van der Waals surface area contributed by atoms with Gasteiger partial charge in [0.15, 0.2) is 6.10 Å². The van der Waals surface area contributed by atoms with Crippen LogP contribution in [0.25, 0.3) is 6.08 Å². The van der Waals surface area contributed by atoms with Crippen LogP contribution in [0.15, 0.2) is 30.3 Å². The monoisotopic (exact) mass is 449 g/mol. The fraction of sp³-hybridized carbons (Fsp3) is 0.409. The van der Waals surface area contributed by atoms with Crippen molar-refractivity contribution in [3.8, 4) is 0 Å². The summed E-state index contributed by atoms with van der Waals surface area (Å²) in [7, 11) is 0. The van der Waals surface area contributed by atoms with Crippen LogP contribution in [0.2, 0.25) is 10.2 Å². The zero-order chi connectivity index (χ0) is 21.7. The van der Waals surface area contributed by atoms with Gasteiger partial charge in [0.2, 0.25) is 0 Å². The van der Waals surface area contributed by atoms with Crippen molar-refractivity contribution in [1.82, 2.24) is 15.1 Å². The largest absolute Gasteiger partial charge is 0.449 e. The Balaban J connectivity index is 1.59. The van der Waals surface area contributed by atoms with Gasteiger partial charge in [0.05, 0.1) is 12.2 Å². The van der Waals surface area contributed by atoms with Gasteiger partial charge in [0, 0.05) is 22.7 Å². The third-order valence-electron chi connectivity index (χ3n) is 5.10. The molecule has 0 bridgehead atoms. The SMILES string of the molecule is Cc1nn(Cc2ccc(Cl)cc2)c(Cl)c1/C=C/C(=O)OC(C)C(=O)NC1CCCC1. The minimum atomic E-state index is -0.855. The van der Waals surface area contributed by atoms with Crippen molar-refractivity contribution in [2.75, 3.05) is 0 Å². The molecule has 1 N–H and O–H groups in total. The summed E-state index contributed by atoms with van der Waals surface area (Å²) in [5, 5.41) is 8.44. The highest BCUT2D eigenvalue weighted by molar-refractivity contribution is 6.31. The van der Waals surface area contributed by atoms with E-state index in [4.69, 9.17) is 27.9 Å². The maximum atomic E-state index is 12.2. The molecule has 1 aliphatic rings. The summed E-state index contributed by atoms with van der Waals surface area (Å²) in [5.74, 6) is -0.876. The summed E-state index contributed by atoms with van der Waals surface area (Å²) in [5.41, 5.74) is 2.32. The second-order valence-corrected chi connectivity index (χ2v) is 8.27. The van der Waals surface area contributed by atoms with E-state index in [9.17, 15) is 9.59 Å². The summed E-state index contributed by atoms with van der Waals surface area (Å²) < 4.78 is 6.87. The van der Waals surface area contributed by atoms with E-state index in [1.54, 1.807) is 17.7 Å². The van der Waals surface area contributed by atoms with E-state index in [0.717, 1.165) is 31.2 Å². The van der Waals surface area contributed by atoms with Crippen LogP contribution >= 0.6 is 23.2 Å². The summed E-state index contributed by atoms with van der Waals surface area (Å²) in [6.45, 7) is 3.86. The number of amides is 1. The lowest BCUT2D eigenvalue weighted by Crippen LogP contribution is -2.40. The highest BCUT2D eigenvalue weighted by Crippen LogP contribution is 2.23. The number of nitrogens with one attached hydrogen (secondary N) is 1. The maximum absolute atomic E-state index is 12.2. The molecule has 8 heteroatoms. The average Bonchev–Trinajstić information content (AvgIpc) is 3.30. The number of benzene rings is 1. The van der Waals surface area contributed by atoms with E-state index in [0.29, 0.717) is 28.0 Å². The lowest BCUT2D eigenvalue weighted by molar-refractivity contribution is -0.150. The number of aromatic nitrogens is 2. The number of esters is 1. The summed E-state index contributed by atoms with van der Waals surface area (Å²) in [6, 6.07) is 7.60. The van der Waals surface area contributed by atoms with Gasteiger partial charge in [-0.05, 0) is 50.5 Å². The van der Waals surface area contributed by atoms with Gasteiger partial charge < -0.3 is 10.1 Å². The van der Waals surface area contributed by atoms with Crippen LogP contribution in [-0.2, 0) is 20.9 Å². The molecule has 1 aromatic heterocycles. The molecule has 0 spiro atoms. The molecule has 1 aromatic carbocycles. The molecule has 1 amide bonds. The molecule has 0 radical (unpaired) electrons. The van der Waals surface area contributed by atoms with Crippen LogP contribution in [0.4, 0.5) is 0 Å². The predicted octanol–water partition coefficient (Wildman–Crippen LogP) is 4.55. The van der Waals surface area contributed by atoms with Crippen molar-refractivity contribution in [2.24, 2.45) is 0 Å². The standard InChI is InChI=1S/C22H25Cl2N3O3/c1-14-19(21(24)27(26-14)13-16-7-9-17(23)10-8-16)11-12-20(28)30-15(2)22(29)25-18-5-3-4-6-18/h7-12,15,18H,3-6,13H2,1-2H3,(H,25,29)/b12-11+. The molecule has 1 unspecified atom stereocenters. The average molecular weight is 450 g/mol. The second-order valence-electron chi connectivity index (χ2n) is 7.48. The van der Waals surface area contributed by atoms with Crippen molar-refractivity contribution in [3.05, 3.63) is 57.3 Å². The molecular formula is C22H25Cl2N3O3. The highest BCUT2D eigenvalue weighted by atomic mass is 35.5. The van der Waals surface area contributed by atoms with Crippen LogP contribution in [0, 0.1) is 6.92 Å². The highest BCUT2D eigenvalue weighted by Gasteiger charge is 2.22. The number of nitrogens with zero attached hydrogens (tertiary/aromatic N) is 2. The third kappa shape index (κ3) is 5.86. The summed E-state index contributed by atoms with van der Waals surface area (Å²) in [4.78, 5) is 24.3. The quantitative estimate of drug-likeness (QED) is 0.496. The molecule has 1 heterocycles. The molecule has 1 fully saturated rings. The van der Waals surface area contributed by atoms with Crippen LogP contribution in [-0.4, -0.2) is 33.8 Å². The molecule has 0 saturated heterocycles. The Bertz CT molecular complexity index is 932. The first kappa shape index (κ1) is 22.4. The van der Waals surface area contributed by atoms with Gasteiger partial charge in [0.25, 0.3) is 5.91 Å². The number of hydrogen-bond acceptors (Lipinski definition) is 4. The number of carbonyl (C=O) groups is 2. The molecule has 2 aromatic rings. The van der Waals surface area contributed by atoms with Crippen molar-refractivity contribution < 1.29 is 14.3 Å². The smallest absolute Gasteiger partial charge is 0.331 e. The Morgan fingerprint density at radius 2 is 1.93 bits per heavy atom. The summed E-state index contributed by atoms with van der Waals surface area (Å²) in [6.07, 6.45) is 6.16. The van der Waals surface area contributed by atoms with E-state index in [1.165, 1.54) is 6.08 Å². The van der Waals surface area contributed by atoms with Crippen LogP contribution in [0.3, 0.4) is 0 Å². The van der Waals surface area contributed by atoms with Crippen LogP contribution in [0.1, 0.15) is 49.4 Å². The van der Waals surface area contributed by atoms with Gasteiger partial charge in [0.1, 0.15) is 5.15 Å². The summed E-state index contributed by atoms with van der Waals surface area (Å²) >= 11 is 12.4. The molecule has 1 atom stereocenters. The Labute approximate surface area is 186 Å². The van der Waals surface area contributed by atoms with Crippen LogP contribution in [0.5, 0.6) is 0 Å². The topological polar surface area (TPSA) is 73.2 Å². The lowest BCUT2D eigenvalue weighted by Gasteiger charge is -2.16. The van der Waals surface area contributed by atoms with E-state index >= 15 is 0 Å². The fourth-order valence-corrected chi connectivity index (χ4v) is 3.85. The minimum Gasteiger partial charge on any atom is -0.449 e. The Morgan fingerprint density at radius 3 is 2.60 bits per heavy atom. The minimum absolute atomic E-state index is 0.183.